The van der Waals surface area contributed by atoms with E-state index in [9.17, 15) is 41.9 Å². The van der Waals surface area contributed by atoms with Crippen molar-refractivity contribution < 1.29 is 46.3 Å². The Kier molecular flexibility index (Phi) is 12.0. The number of aryl methyl sites for hydroxylation is 1. The summed E-state index contributed by atoms with van der Waals surface area (Å²) < 4.78 is 57.3. The molecule has 3 fully saturated rings. The first kappa shape index (κ1) is 45.8. The van der Waals surface area contributed by atoms with Crippen LogP contribution in [0.1, 0.15) is 93.4 Å². The normalized spacial score (nSPS) is 19.5. The highest BCUT2D eigenvalue weighted by Crippen LogP contribution is 2.39. The third kappa shape index (κ3) is 8.72. The molecule has 6 heterocycles. The third-order valence-electron chi connectivity index (χ3n) is 13.3. The number of halogens is 4. The molecule has 3 N–H and O–H groups in total. The summed E-state index contributed by atoms with van der Waals surface area (Å²) >= 11 is 0. The monoisotopic (exact) mass is 937 g/mol. The number of likely N-dealkylation sites (tertiary alicyclic amines) is 1. The molecule has 68 heavy (non-hydrogen) atoms. The van der Waals surface area contributed by atoms with Gasteiger partial charge in [-0.3, -0.25) is 49.0 Å². The van der Waals surface area contributed by atoms with Crippen LogP contribution >= 0.6 is 0 Å². The van der Waals surface area contributed by atoms with Crippen molar-refractivity contribution in [2.45, 2.75) is 83.2 Å². The van der Waals surface area contributed by atoms with Gasteiger partial charge < -0.3 is 15.1 Å². The van der Waals surface area contributed by atoms with Gasteiger partial charge in [-0.1, -0.05) is 30.3 Å². The van der Waals surface area contributed by atoms with Gasteiger partial charge in [0.2, 0.25) is 17.7 Å². The molecule has 4 aliphatic heterocycles. The van der Waals surface area contributed by atoms with Crippen molar-refractivity contribution >= 4 is 41.1 Å². The van der Waals surface area contributed by atoms with Crippen molar-refractivity contribution in [2.24, 2.45) is 0 Å². The van der Waals surface area contributed by atoms with Crippen LogP contribution in [-0.4, -0.2) is 126 Å². The van der Waals surface area contributed by atoms with Crippen molar-refractivity contribution in [3.05, 3.63) is 112 Å². The summed E-state index contributed by atoms with van der Waals surface area (Å²) in [4.78, 5) is 87.6. The zero-order valence-electron chi connectivity index (χ0n) is 37.3. The summed E-state index contributed by atoms with van der Waals surface area (Å²) in [6.07, 6.45) is -0.476. The average Bonchev–Trinajstić information content (AvgIpc) is 4.05. The number of carbonyl (C=O) groups is 6. The fraction of sp³-hybridized carbons (Fsp3) is 0.383. The number of aromatic nitrogens is 5. The topological polar surface area (TPSA) is 199 Å². The van der Waals surface area contributed by atoms with E-state index in [4.69, 9.17) is 0 Å². The molecule has 17 nitrogen and oxygen atoms in total. The van der Waals surface area contributed by atoms with Crippen molar-refractivity contribution in [2.75, 3.05) is 37.6 Å². The number of carbonyl (C=O) groups excluding carboxylic acids is 6. The first-order valence-corrected chi connectivity index (χ1v) is 22.2. The van der Waals surface area contributed by atoms with E-state index in [1.807, 2.05) is 59.2 Å². The van der Waals surface area contributed by atoms with Gasteiger partial charge in [0, 0.05) is 64.3 Å². The first-order chi connectivity index (χ1) is 32.4. The largest absolute Gasteiger partial charge is 0.401 e. The molecule has 0 radical (unpaired) electrons. The highest BCUT2D eigenvalue weighted by Gasteiger charge is 2.51. The molecule has 3 aromatic carbocycles. The number of alkyl halides is 3. The number of piperazine rings is 1. The summed E-state index contributed by atoms with van der Waals surface area (Å²) in [6, 6.07) is 15.2. The van der Waals surface area contributed by atoms with Gasteiger partial charge in [-0.15, -0.1) is 0 Å². The smallest absolute Gasteiger partial charge is 0.367 e. The van der Waals surface area contributed by atoms with Crippen LogP contribution in [-0.2, 0) is 32.9 Å². The van der Waals surface area contributed by atoms with Gasteiger partial charge in [0.25, 0.3) is 17.7 Å². The molecule has 9 rings (SSSR count). The van der Waals surface area contributed by atoms with Gasteiger partial charge in [0.05, 0.1) is 40.8 Å². The number of imide groups is 2. The van der Waals surface area contributed by atoms with E-state index in [-0.39, 0.29) is 59.5 Å². The summed E-state index contributed by atoms with van der Waals surface area (Å²) in [5.74, 6) is -4.10. The number of H-pyrrole nitrogens is 1. The number of nitrogens with one attached hydrogen (secondary N) is 3. The molecule has 21 heteroatoms. The maximum Gasteiger partial charge on any atom is 0.401 e. The highest BCUT2D eigenvalue weighted by atomic mass is 19.4. The van der Waals surface area contributed by atoms with Crippen molar-refractivity contribution in [3.63, 3.8) is 0 Å². The molecule has 354 valence electrons. The Hall–Kier alpha value is -7.29. The average molecular weight is 938 g/mol. The number of hydrogen-bond donors (Lipinski definition) is 3. The van der Waals surface area contributed by atoms with Gasteiger partial charge in [0.15, 0.2) is 5.82 Å². The molecule has 3 saturated heterocycles. The number of hydrogen-bond acceptors (Lipinski definition) is 11. The van der Waals surface area contributed by atoms with Gasteiger partial charge in [-0.25, -0.2) is 14.1 Å². The quantitative estimate of drug-likeness (QED) is 0.124. The minimum Gasteiger partial charge on any atom is -0.367 e. The minimum atomic E-state index is -4.55. The molecule has 2 unspecified atom stereocenters. The van der Waals surface area contributed by atoms with Gasteiger partial charge in [-0.05, 0) is 80.1 Å². The van der Waals surface area contributed by atoms with Crippen LogP contribution in [0, 0.1) is 12.7 Å². The molecule has 6 amide bonds. The lowest BCUT2D eigenvalue weighted by molar-refractivity contribution is -0.182. The molecule has 4 aliphatic rings. The van der Waals surface area contributed by atoms with Gasteiger partial charge >= 0.3 is 6.18 Å². The van der Waals surface area contributed by atoms with Crippen molar-refractivity contribution in [1.29, 1.82) is 0 Å². The summed E-state index contributed by atoms with van der Waals surface area (Å²) in [7, 11) is 0. The number of nitrogens with zero attached hydrogens (tertiary/aromatic N) is 8. The van der Waals surface area contributed by atoms with E-state index in [1.165, 1.54) is 12.3 Å². The van der Waals surface area contributed by atoms with Crippen LogP contribution in [0.3, 0.4) is 0 Å². The van der Waals surface area contributed by atoms with E-state index in [0.29, 0.717) is 45.7 Å². The van der Waals surface area contributed by atoms with Crippen molar-refractivity contribution in [1.82, 2.24) is 50.3 Å². The fourth-order valence-corrected chi connectivity index (χ4v) is 9.12. The van der Waals surface area contributed by atoms with Crippen LogP contribution in [0.25, 0.3) is 16.8 Å². The van der Waals surface area contributed by atoms with E-state index in [1.54, 1.807) is 10.9 Å². The molecule has 0 bridgehead atoms. The van der Waals surface area contributed by atoms with E-state index in [2.05, 4.69) is 35.8 Å². The lowest BCUT2D eigenvalue weighted by atomic mass is 9.92. The Labute approximate surface area is 386 Å². The number of fused-ring (bicyclic) bond motifs is 1. The maximum atomic E-state index is 15.5. The number of benzene rings is 3. The number of piperidine rings is 2. The summed E-state index contributed by atoms with van der Waals surface area (Å²) in [5.41, 5.74) is 2.63. The Morgan fingerprint density at radius 3 is 2.25 bits per heavy atom. The SMILES string of the molecule is Cc1cc(-c2ccc(CN3CCC(N4CCN(c5cc6c(cc5F)C(=O)N(C5CCC(=O)NC5=O)C6=O)CC4)CC3=O)cc2)ccc1-n1cc(C(=O)NCc2nc(C(C)(C)C(F)(F)F)n[nH]2)cn1. The van der Waals surface area contributed by atoms with Crippen LogP contribution in [0.15, 0.2) is 67.0 Å². The molecule has 0 aliphatic carbocycles. The van der Waals surface area contributed by atoms with E-state index >= 15 is 4.39 Å². The lowest BCUT2D eigenvalue weighted by Crippen LogP contribution is -2.54. The minimum absolute atomic E-state index is 0.00655. The zero-order valence-corrected chi connectivity index (χ0v) is 37.3. The maximum absolute atomic E-state index is 15.5. The standard InChI is InChI=1S/C47H47F4N11O6/c1-26-18-29(8-9-35(26)61-25-30(22-53-61)41(65)52-23-38-54-45(57-56-38)46(2,3)47(49,50)51)28-6-4-27(5-7-28)24-60-13-12-31(19-40(60)64)58-14-16-59(17-15-58)37-21-33-32(20-34(37)48)43(67)62(44(33)68)36-10-11-39(63)55-42(36)66/h4-9,18,20-22,25,31,36H,10-17,19,23-24H2,1-3H3,(H,52,65)(H,54,56,57)(H,55,63,66). The first-order valence-electron chi connectivity index (χ1n) is 22.2. The lowest BCUT2D eigenvalue weighted by Gasteiger charge is -2.43. The fourth-order valence-electron chi connectivity index (χ4n) is 9.12. The second-order valence-corrected chi connectivity index (χ2v) is 18.1. The number of rotatable bonds is 11. The molecule has 5 aromatic rings. The molecule has 2 atom stereocenters. The predicted octanol–water partition coefficient (Wildman–Crippen LogP) is 4.59. The van der Waals surface area contributed by atoms with Crippen molar-refractivity contribution in [3.8, 4) is 16.8 Å². The Bertz CT molecular complexity index is 2850. The third-order valence-corrected chi connectivity index (χ3v) is 13.3. The molecule has 0 spiro atoms. The van der Waals surface area contributed by atoms with Crippen LogP contribution in [0.5, 0.6) is 0 Å². The van der Waals surface area contributed by atoms with E-state index in [0.717, 1.165) is 59.2 Å². The molecular weight excluding hydrogens is 891 g/mol. The molecule has 2 aromatic heterocycles. The van der Waals surface area contributed by atoms with E-state index < -0.39 is 58.8 Å². The molecular formula is C47H47F4N11O6. The second-order valence-electron chi connectivity index (χ2n) is 18.1. The molecule has 0 saturated carbocycles. The predicted molar refractivity (Wildman–Crippen MR) is 236 cm³/mol. The van der Waals surface area contributed by atoms with Crippen LogP contribution < -0.4 is 15.5 Å². The second kappa shape index (κ2) is 17.7. The Balaban J connectivity index is 0.749. The Morgan fingerprint density at radius 1 is 0.868 bits per heavy atom. The number of aromatic amines is 1. The van der Waals surface area contributed by atoms with Gasteiger partial charge in [0.1, 0.15) is 23.1 Å². The summed E-state index contributed by atoms with van der Waals surface area (Å²) in [5, 5.41) is 15.3. The van der Waals surface area contributed by atoms with Crippen LogP contribution in [0.2, 0.25) is 0 Å². The zero-order chi connectivity index (χ0) is 48.2. The van der Waals surface area contributed by atoms with Gasteiger partial charge in [-0.2, -0.15) is 23.4 Å². The Morgan fingerprint density at radius 2 is 1.57 bits per heavy atom. The highest BCUT2D eigenvalue weighted by molar-refractivity contribution is 6.23. The number of amides is 6. The number of anilines is 1. The summed E-state index contributed by atoms with van der Waals surface area (Å²) in [6.45, 7) is 6.79. The van der Waals surface area contributed by atoms with Crippen LogP contribution in [0.4, 0.5) is 23.2 Å².